The molecule has 6 nitrogen and oxygen atoms in total. The Hall–Kier alpha value is -2.06. The summed E-state index contributed by atoms with van der Waals surface area (Å²) in [7, 11) is 1.29. The first kappa shape index (κ1) is 17.3. The highest BCUT2D eigenvalue weighted by molar-refractivity contribution is 5.97. The molecule has 0 spiro atoms. The number of nitrogens with zero attached hydrogens (tertiary/aromatic N) is 2. The molecule has 1 fully saturated rings. The fraction of sp³-hybridized carbons (Fsp3) is 0.643. The molecule has 1 aromatic heterocycles. The Bertz CT molecular complexity index is 577. The lowest BCUT2D eigenvalue weighted by molar-refractivity contribution is -0.141. The summed E-state index contributed by atoms with van der Waals surface area (Å²) in [4.78, 5) is 23.6. The summed E-state index contributed by atoms with van der Waals surface area (Å²) in [5.74, 6) is -1.37. The number of hydrogen-bond donors (Lipinski definition) is 2. The van der Waals surface area contributed by atoms with Crippen LogP contribution in [0.25, 0.3) is 0 Å². The molecule has 1 aliphatic carbocycles. The predicted octanol–water partition coefficient (Wildman–Crippen LogP) is 1.62. The average molecular weight is 332 g/mol. The van der Waals surface area contributed by atoms with Crippen molar-refractivity contribution in [2.45, 2.75) is 44.3 Å². The molecule has 0 aromatic carbocycles. The van der Waals surface area contributed by atoms with Gasteiger partial charge < -0.3 is 10.6 Å². The van der Waals surface area contributed by atoms with Crippen molar-refractivity contribution in [2.75, 3.05) is 6.54 Å². The molecule has 1 saturated carbocycles. The van der Waals surface area contributed by atoms with Crippen LogP contribution in [0, 0.1) is 0 Å². The van der Waals surface area contributed by atoms with Gasteiger partial charge in [0.15, 0.2) is 5.69 Å². The number of hydrogen-bond acceptors (Lipinski definition) is 3. The van der Waals surface area contributed by atoms with E-state index in [2.05, 4.69) is 15.7 Å². The lowest BCUT2D eigenvalue weighted by Crippen LogP contribution is -2.42. The summed E-state index contributed by atoms with van der Waals surface area (Å²) in [6.07, 6.45) is 1.27. The molecule has 128 valence electrons. The zero-order chi connectivity index (χ0) is 17.0. The van der Waals surface area contributed by atoms with Crippen LogP contribution < -0.4 is 10.6 Å². The normalized spacial score (nSPS) is 16.2. The molecule has 0 atom stereocenters. The number of amides is 2. The van der Waals surface area contributed by atoms with Gasteiger partial charge in [-0.25, -0.2) is 0 Å². The van der Waals surface area contributed by atoms with E-state index < -0.39 is 29.2 Å². The smallest absolute Gasteiger partial charge is 0.352 e. The van der Waals surface area contributed by atoms with E-state index in [1.165, 1.54) is 7.05 Å². The number of aromatic nitrogens is 2. The quantitative estimate of drug-likeness (QED) is 0.880. The van der Waals surface area contributed by atoms with Crippen molar-refractivity contribution >= 4 is 11.8 Å². The Labute approximate surface area is 131 Å². The first-order chi connectivity index (χ1) is 10.8. The van der Waals surface area contributed by atoms with Crippen LogP contribution in [-0.2, 0) is 18.0 Å². The monoisotopic (exact) mass is 332 g/mol. The Balaban J connectivity index is 1.91. The third-order valence-corrected chi connectivity index (χ3v) is 3.72. The van der Waals surface area contributed by atoms with Crippen molar-refractivity contribution in [3.05, 3.63) is 17.5 Å². The fourth-order valence-corrected chi connectivity index (χ4v) is 2.65. The van der Waals surface area contributed by atoms with Gasteiger partial charge >= 0.3 is 6.18 Å². The van der Waals surface area contributed by atoms with Gasteiger partial charge in [0.2, 0.25) is 5.91 Å². The number of alkyl halides is 3. The Kier molecular flexibility index (Phi) is 5.27. The highest BCUT2D eigenvalue weighted by Gasteiger charge is 2.39. The lowest BCUT2D eigenvalue weighted by Gasteiger charge is -2.22. The first-order valence-corrected chi connectivity index (χ1v) is 7.46. The van der Waals surface area contributed by atoms with Crippen molar-refractivity contribution < 1.29 is 22.8 Å². The number of rotatable bonds is 4. The van der Waals surface area contributed by atoms with Crippen LogP contribution in [0.15, 0.2) is 6.20 Å². The summed E-state index contributed by atoms with van der Waals surface area (Å²) < 4.78 is 39.3. The molecule has 1 aliphatic rings. The van der Waals surface area contributed by atoms with E-state index in [-0.39, 0.29) is 12.6 Å². The minimum absolute atomic E-state index is 0.0808. The minimum Gasteiger partial charge on any atom is -0.352 e. The van der Waals surface area contributed by atoms with E-state index in [0.29, 0.717) is 0 Å². The summed E-state index contributed by atoms with van der Waals surface area (Å²) >= 11 is 0. The van der Waals surface area contributed by atoms with E-state index in [9.17, 15) is 22.8 Å². The number of carbonyl (C=O) groups excluding carboxylic acids is 2. The lowest BCUT2D eigenvalue weighted by atomic mass is 9.95. The van der Waals surface area contributed by atoms with Crippen LogP contribution in [0.3, 0.4) is 0 Å². The van der Waals surface area contributed by atoms with Gasteiger partial charge in [0.1, 0.15) is 0 Å². The number of aryl methyl sites for hydroxylation is 1. The van der Waals surface area contributed by atoms with E-state index in [1.807, 2.05) is 0 Å². The standard InChI is InChI=1S/C14H19F3N4O2/c1-21-8-10(12(20-21)14(15,16)17)13(23)18-7-11(22)19-9-5-3-2-4-6-9/h8-9H,2-7H2,1H3,(H,18,23)(H,19,22). The second-order valence-electron chi connectivity index (χ2n) is 5.65. The molecule has 2 N–H and O–H groups in total. The Morgan fingerprint density at radius 1 is 1.30 bits per heavy atom. The summed E-state index contributed by atoms with van der Waals surface area (Å²) in [5.41, 5.74) is -1.85. The number of halogens is 3. The van der Waals surface area contributed by atoms with Gasteiger partial charge in [-0.05, 0) is 12.8 Å². The summed E-state index contributed by atoms with van der Waals surface area (Å²) in [5, 5.41) is 8.24. The van der Waals surface area contributed by atoms with E-state index in [4.69, 9.17) is 0 Å². The SMILES string of the molecule is Cn1cc(C(=O)NCC(=O)NC2CCCCC2)c(C(F)(F)F)n1. The second-order valence-corrected chi connectivity index (χ2v) is 5.65. The molecule has 9 heteroatoms. The van der Waals surface area contributed by atoms with Crippen molar-refractivity contribution in [1.82, 2.24) is 20.4 Å². The third kappa shape index (κ3) is 4.70. The molecule has 1 heterocycles. The van der Waals surface area contributed by atoms with Gasteiger partial charge in [-0.1, -0.05) is 19.3 Å². The van der Waals surface area contributed by atoms with E-state index in [1.54, 1.807) is 0 Å². The van der Waals surface area contributed by atoms with Gasteiger partial charge in [0.05, 0.1) is 12.1 Å². The van der Waals surface area contributed by atoms with E-state index in [0.717, 1.165) is 43.0 Å². The Morgan fingerprint density at radius 2 is 1.96 bits per heavy atom. The highest BCUT2D eigenvalue weighted by Crippen LogP contribution is 2.30. The Morgan fingerprint density at radius 3 is 2.57 bits per heavy atom. The van der Waals surface area contributed by atoms with Crippen LogP contribution in [0.2, 0.25) is 0 Å². The van der Waals surface area contributed by atoms with Crippen LogP contribution >= 0.6 is 0 Å². The molecule has 0 radical (unpaired) electrons. The predicted molar refractivity (Wildman–Crippen MR) is 75.6 cm³/mol. The molecule has 0 saturated heterocycles. The molecule has 1 aromatic rings. The van der Waals surface area contributed by atoms with Crippen LogP contribution in [-0.4, -0.2) is 34.2 Å². The maximum absolute atomic E-state index is 12.8. The van der Waals surface area contributed by atoms with Gasteiger partial charge in [0, 0.05) is 19.3 Å². The van der Waals surface area contributed by atoms with Gasteiger partial charge in [-0.2, -0.15) is 18.3 Å². The van der Waals surface area contributed by atoms with Crippen molar-refractivity contribution in [3.63, 3.8) is 0 Å². The minimum atomic E-state index is -4.72. The maximum Gasteiger partial charge on any atom is 0.435 e. The van der Waals surface area contributed by atoms with Crippen molar-refractivity contribution in [3.8, 4) is 0 Å². The summed E-state index contributed by atoms with van der Waals surface area (Å²) in [6.45, 7) is -0.360. The van der Waals surface area contributed by atoms with E-state index >= 15 is 0 Å². The highest BCUT2D eigenvalue weighted by atomic mass is 19.4. The van der Waals surface area contributed by atoms with Crippen molar-refractivity contribution in [1.29, 1.82) is 0 Å². The maximum atomic E-state index is 12.8. The third-order valence-electron chi connectivity index (χ3n) is 3.72. The molecular weight excluding hydrogens is 313 g/mol. The zero-order valence-electron chi connectivity index (χ0n) is 12.7. The zero-order valence-corrected chi connectivity index (χ0v) is 12.7. The number of nitrogens with one attached hydrogen (secondary N) is 2. The topological polar surface area (TPSA) is 76.0 Å². The molecule has 23 heavy (non-hydrogen) atoms. The van der Waals surface area contributed by atoms with Crippen LogP contribution in [0.4, 0.5) is 13.2 Å². The largest absolute Gasteiger partial charge is 0.435 e. The average Bonchev–Trinajstić information content (AvgIpc) is 2.88. The van der Waals surface area contributed by atoms with Gasteiger partial charge in [-0.15, -0.1) is 0 Å². The number of carbonyl (C=O) groups is 2. The van der Waals surface area contributed by atoms with Crippen LogP contribution in [0.1, 0.15) is 48.2 Å². The molecule has 2 amide bonds. The van der Waals surface area contributed by atoms with Crippen LogP contribution in [0.5, 0.6) is 0 Å². The molecular formula is C14H19F3N4O2. The molecule has 0 unspecified atom stereocenters. The molecule has 0 bridgehead atoms. The van der Waals surface area contributed by atoms with Crippen molar-refractivity contribution in [2.24, 2.45) is 7.05 Å². The van der Waals surface area contributed by atoms with Gasteiger partial charge in [0.25, 0.3) is 5.91 Å². The molecule has 2 rings (SSSR count). The first-order valence-electron chi connectivity index (χ1n) is 7.46. The molecule has 0 aliphatic heterocycles. The second kappa shape index (κ2) is 7.01. The summed E-state index contributed by atoms with van der Waals surface area (Å²) in [6, 6.07) is 0.0808. The van der Waals surface area contributed by atoms with Gasteiger partial charge in [-0.3, -0.25) is 14.3 Å². The fourth-order valence-electron chi connectivity index (χ4n) is 2.65.